The summed E-state index contributed by atoms with van der Waals surface area (Å²) in [5.74, 6) is -0.177. The summed E-state index contributed by atoms with van der Waals surface area (Å²) in [6, 6.07) is 7.74. The second kappa shape index (κ2) is 7.35. The molecule has 0 bridgehead atoms. The Kier molecular flexibility index (Phi) is 5.74. The number of benzene rings is 1. The molecule has 0 fully saturated rings. The molecule has 1 aromatic carbocycles. The first-order valence-electron chi connectivity index (χ1n) is 5.87. The minimum atomic E-state index is -0.177. The molecule has 0 aliphatic heterocycles. The summed E-state index contributed by atoms with van der Waals surface area (Å²) in [6.45, 7) is 1.85. The van der Waals surface area contributed by atoms with Crippen molar-refractivity contribution in [3.63, 3.8) is 0 Å². The lowest BCUT2D eigenvalue weighted by Gasteiger charge is -2.06. The van der Waals surface area contributed by atoms with Crippen LogP contribution in [-0.2, 0) is 16.0 Å². The van der Waals surface area contributed by atoms with Crippen molar-refractivity contribution >= 4 is 5.97 Å². The van der Waals surface area contributed by atoms with E-state index in [9.17, 15) is 4.79 Å². The van der Waals surface area contributed by atoms with Gasteiger partial charge in [0.25, 0.3) is 0 Å². The third-order valence-electron chi connectivity index (χ3n) is 2.76. The molecule has 0 spiro atoms. The summed E-state index contributed by atoms with van der Waals surface area (Å²) in [7, 11) is 1.40. The standard InChI is InChI=1S/C13H17N3O2/c1-10(15-16-14)12-8-6-11(7-9-12)4-3-5-13(17)18-2/h6-10H,3-5H2,1-2H3. The summed E-state index contributed by atoms with van der Waals surface area (Å²) in [4.78, 5) is 13.7. The van der Waals surface area contributed by atoms with Gasteiger partial charge in [0.1, 0.15) is 0 Å². The van der Waals surface area contributed by atoms with Crippen molar-refractivity contribution in [3.05, 3.63) is 45.8 Å². The molecule has 0 aromatic heterocycles. The maximum atomic E-state index is 10.9. The van der Waals surface area contributed by atoms with Gasteiger partial charge in [-0.25, -0.2) is 0 Å². The lowest BCUT2D eigenvalue weighted by molar-refractivity contribution is -0.140. The van der Waals surface area contributed by atoms with E-state index in [4.69, 9.17) is 5.53 Å². The molecule has 0 saturated heterocycles. The molecule has 0 amide bonds. The molecule has 0 aliphatic carbocycles. The van der Waals surface area contributed by atoms with E-state index in [2.05, 4.69) is 14.8 Å². The first-order chi connectivity index (χ1) is 8.67. The van der Waals surface area contributed by atoms with Crippen molar-refractivity contribution < 1.29 is 9.53 Å². The van der Waals surface area contributed by atoms with E-state index in [0.717, 1.165) is 24.0 Å². The van der Waals surface area contributed by atoms with E-state index in [-0.39, 0.29) is 12.0 Å². The molecule has 1 atom stereocenters. The normalized spacial score (nSPS) is 11.4. The van der Waals surface area contributed by atoms with E-state index in [1.54, 1.807) is 0 Å². The van der Waals surface area contributed by atoms with Crippen LogP contribution >= 0.6 is 0 Å². The van der Waals surface area contributed by atoms with Crippen molar-refractivity contribution in [2.45, 2.75) is 32.2 Å². The second-order valence-corrected chi connectivity index (χ2v) is 4.05. The molecule has 1 aromatic rings. The Hall–Kier alpha value is -2.00. The molecule has 0 N–H and O–H groups in total. The lowest BCUT2D eigenvalue weighted by atomic mass is 10.0. The summed E-state index contributed by atoms with van der Waals surface area (Å²) in [6.07, 6.45) is 2.05. The molecule has 0 aliphatic rings. The third-order valence-corrected chi connectivity index (χ3v) is 2.76. The number of esters is 1. The Morgan fingerprint density at radius 2 is 2.11 bits per heavy atom. The molecule has 0 saturated carbocycles. The quantitative estimate of drug-likeness (QED) is 0.333. The fraction of sp³-hybridized carbons (Fsp3) is 0.462. The van der Waals surface area contributed by atoms with Crippen molar-refractivity contribution in [3.8, 4) is 0 Å². The number of ether oxygens (including phenoxy) is 1. The smallest absolute Gasteiger partial charge is 0.305 e. The maximum absolute atomic E-state index is 10.9. The summed E-state index contributed by atoms with van der Waals surface area (Å²) in [5.41, 5.74) is 10.5. The summed E-state index contributed by atoms with van der Waals surface area (Å²) >= 11 is 0. The molecule has 0 radical (unpaired) electrons. The summed E-state index contributed by atoms with van der Waals surface area (Å²) < 4.78 is 4.58. The van der Waals surface area contributed by atoms with Gasteiger partial charge in [-0.3, -0.25) is 4.79 Å². The van der Waals surface area contributed by atoms with Crippen molar-refractivity contribution in [2.75, 3.05) is 7.11 Å². The average molecular weight is 247 g/mol. The highest BCUT2D eigenvalue weighted by Crippen LogP contribution is 2.18. The van der Waals surface area contributed by atoms with E-state index >= 15 is 0 Å². The van der Waals surface area contributed by atoms with Crippen LogP contribution in [0, 0.1) is 0 Å². The van der Waals surface area contributed by atoms with Gasteiger partial charge < -0.3 is 4.74 Å². The Bertz CT molecular complexity index is 436. The first kappa shape index (κ1) is 14.1. The van der Waals surface area contributed by atoms with E-state index < -0.39 is 0 Å². The van der Waals surface area contributed by atoms with Crippen LogP contribution in [0.4, 0.5) is 0 Å². The van der Waals surface area contributed by atoms with Gasteiger partial charge in [-0.2, -0.15) is 0 Å². The van der Waals surface area contributed by atoms with Crippen LogP contribution in [0.25, 0.3) is 10.4 Å². The fourth-order valence-corrected chi connectivity index (χ4v) is 1.65. The lowest BCUT2D eigenvalue weighted by Crippen LogP contribution is -2.00. The van der Waals surface area contributed by atoms with Crippen LogP contribution in [0.5, 0.6) is 0 Å². The molecule has 0 heterocycles. The minimum absolute atomic E-state index is 0.154. The topological polar surface area (TPSA) is 75.1 Å². The number of hydrogen-bond donors (Lipinski definition) is 0. The van der Waals surface area contributed by atoms with Gasteiger partial charge in [-0.15, -0.1) is 0 Å². The van der Waals surface area contributed by atoms with Crippen molar-refractivity contribution in [1.29, 1.82) is 0 Å². The Balaban J connectivity index is 2.50. The van der Waals surface area contributed by atoms with Crippen molar-refractivity contribution in [2.24, 2.45) is 5.11 Å². The molecule has 96 valence electrons. The van der Waals surface area contributed by atoms with Crippen LogP contribution in [0.2, 0.25) is 0 Å². The predicted molar refractivity (Wildman–Crippen MR) is 69.0 cm³/mol. The average Bonchev–Trinajstić information content (AvgIpc) is 2.39. The molecule has 1 unspecified atom stereocenters. The van der Waals surface area contributed by atoms with Gasteiger partial charge in [0.15, 0.2) is 0 Å². The molecule has 5 nitrogen and oxygen atoms in total. The predicted octanol–water partition coefficient (Wildman–Crippen LogP) is 3.55. The van der Waals surface area contributed by atoms with Gasteiger partial charge in [0, 0.05) is 11.3 Å². The molecule has 1 rings (SSSR count). The van der Waals surface area contributed by atoms with Crippen LogP contribution < -0.4 is 0 Å². The molecule has 5 heteroatoms. The van der Waals surface area contributed by atoms with Gasteiger partial charge >= 0.3 is 5.97 Å². The highest BCUT2D eigenvalue weighted by molar-refractivity contribution is 5.69. The number of carbonyl (C=O) groups excluding carboxylic acids is 1. The third kappa shape index (κ3) is 4.47. The van der Waals surface area contributed by atoms with Crippen molar-refractivity contribution in [1.82, 2.24) is 0 Å². The van der Waals surface area contributed by atoms with Crippen LogP contribution in [-0.4, -0.2) is 13.1 Å². The first-order valence-corrected chi connectivity index (χ1v) is 5.87. The highest BCUT2D eigenvalue weighted by Gasteiger charge is 2.03. The zero-order chi connectivity index (χ0) is 13.4. The van der Waals surface area contributed by atoms with Crippen LogP contribution in [0.3, 0.4) is 0 Å². The van der Waals surface area contributed by atoms with Crippen LogP contribution in [0.1, 0.15) is 36.9 Å². The molecular weight excluding hydrogens is 230 g/mol. The maximum Gasteiger partial charge on any atom is 0.305 e. The Labute approximate surface area is 106 Å². The molecular formula is C13H17N3O2. The van der Waals surface area contributed by atoms with Gasteiger partial charge in [0.2, 0.25) is 0 Å². The number of aryl methyl sites for hydroxylation is 1. The van der Waals surface area contributed by atoms with E-state index in [1.165, 1.54) is 7.11 Å². The molecule has 18 heavy (non-hydrogen) atoms. The number of rotatable bonds is 6. The van der Waals surface area contributed by atoms with Gasteiger partial charge in [0.05, 0.1) is 13.2 Å². The fourth-order valence-electron chi connectivity index (χ4n) is 1.65. The Morgan fingerprint density at radius 1 is 1.44 bits per heavy atom. The number of nitrogens with zero attached hydrogens (tertiary/aromatic N) is 3. The van der Waals surface area contributed by atoms with E-state index in [1.807, 2.05) is 31.2 Å². The second-order valence-electron chi connectivity index (χ2n) is 4.05. The minimum Gasteiger partial charge on any atom is -0.469 e. The number of methoxy groups -OCH3 is 1. The zero-order valence-corrected chi connectivity index (χ0v) is 10.7. The Morgan fingerprint density at radius 3 is 2.67 bits per heavy atom. The number of carbonyl (C=O) groups is 1. The van der Waals surface area contributed by atoms with Gasteiger partial charge in [-0.05, 0) is 29.5 Å². The number of azide groups is 1. The zero-order valence-electron chi connectivity index (χ0n) is 10.7. The van der Waals surface area contributed by atoms with Gasteiger partial charge in [-0.1, -0.05) is 36.3 Å². The van der Waals surface area contributed by atoms with E-state index in [0.29, 0.717) is 6.42 Å². The largest absolute Gasteiger partial charge is 0.469 e. The highest BCUT2D eigenvalue weighted by atomic mass is 16.5. The summed E-state index contributed by atoms with van der Waals surface area (Å²) in [5, 5.41) is 3.64. The monoisotopic (exact) mass is 247 g/mol. The van der Waals surface area contributed by atoms with Crippen LogP contribution in [0.15, 0.2) is 29.4 Å². The SMILES string of the molecule is COC(=O)CCCc1ccc(C(C)N=[N+]=[N-])cc1. The number of hydrogen-bond acceptors (Lipinski definition) is 3.